The Morgan fingerprint density at radius 1 is 1.00 bits per heavy atom. The van der Waals surface area contributed by atoms with Crippen LogP contribution in [-0.2, 0) is 17.8 Å². The summed E-state index contributed by atoms with van der Waals surface area (Å²) in [6.07, 6.45) is 0.310. The monoisotopic (exact) mass is 393 g/mol. The van der Waals surface area contributed by atoms with Gasteiger partial charge in [0.25, 0.3) is 5.91 Å². The van der Waals surface area contributed by atoms with Crippen LogP contribution in [0.1, 0.15) is 20.8 Å². The molecule has 5 nitrogen and oxygen atoms in total. The predicted molar refractivity (Wildman–Crippen MR) is 115 cm³/mol. The molecule has 0 aliphatic carbocycles. The second kappa shape index (κ2) is 9.19. The molecular formula is C22H23N3O2S. The molecule has 2 N–H and O–H groups in total. The number of rotatable bonds is 7. The molecule has 3 rings (SSSR count). The zero-order valence-corrected chi connectivity index (χ0v) is 16.8. The van der Waals surface area contributed by atoms with Crippen LogP contribution in [0.15, 0.2) is 66.0 Å². The minimum absolute atomic E-state index is 0.0225. The van der Waals surface area contributed by atoms with Crippen molar-refractivity contribution in [3.05, 3.63) is 82.0 Å². The number of carbonyl (C=O) groups excluding carboxylic acids is 2. The molecule has 144 valence electrons. The fourth-order valence-electron chi connectivity index (χ4n) is 2.68. The highest BCUT2D eigenvalue weighted by atomic mass is 32.1. The standard InChI is InChI=1S/C22H23N3O2S/c1-25(2)19-6-3-5-17(14-19)22(27)24-18-10-8-16(9-11-18)13-21(26)23-15-20-7-4-12-28-20/h3-12,14H,13,15H2,1-2H3,(H,23,26)(H,24,27). The Morgan fingerprint density at radius 3 is 2.46 bits per heavy atom. The van der Waals surface area contributed by atoms with Crippen molar-refractivity contribution in [2.24, 2.45) is 0 Å². The zero-order valence-electron chi connectivity index (χ0n) is 15.9. The number of carbonyl (C=O) groups is 2. The van der Waals surface area contributed by atoms with E-state index in [0.29, 0.717) is 24.2 Å². The first-order valence-electron chi connectivity index (χ1n) is 8.98. The number of benzene rings is 2. The molecule has 0 aliphatic heterocycles. The minimum atomic E-state index is -0.162. The van der Waals surface area contributed by atoms with Gasteiger partial charge in [-0.25, -0.2) is 0 Å². The van der Waals surface area contributed by atoms with Crippen LogP contribution >= 0.6 is 11.3 Å². The number of anilines is 2. The van der Waals surface area contributed by atoms with E-state index in [-0.39, 0.29) is 11.8 Å². The van der Waals surface area contributed by atoms with Crippen LogP contribution in [0.5, 0.6) is 0 Å². The van der Waals surface area contributed by atoms with Crippen molar-refractivity contribution >= 4 is 34.5 Å². The van der Waals surface area contributed by atoms with E-state index < -0.39 is 0 Å². The lowest BCUT2D eigenvalue weighted by atomic mass is 10.1. The SMILES string of the molecule is CN(C)c1cccc(C(=O)Nc2ccc(CC(=O)NCc3cccs3)cc2)c1. The van der Waals surface area contributed by atoms with Crippen molar-refractivity contribution in [2.75, 3.05) is 24.3 Å². The van der Waals surface area contributed by atoms with Gasteiger partial charge in [-0.05, 0) is 47.3 Å². The molecular weight excluding hydrogens is 370 g/mol. The molecule has 0 aliphatic rings. The Labute approximate surface area is 169 Å². The van der Waals surface area contributed by atoms with Crippen LogP contribution in [0.4, 0.5) is 11.4 Å². The molecule has 1 aromatic heterocycles. The first kappa shape index (κ1) is 19.6. The molecule has 0 atom stereocenters. The molecule has 2 amide bonds. The third kappa shape index (κ3) is 5.44. The van der Waals surface area contributed by atoms with E-state index in [4.69, 9.17) is 0 Å². The maximum absolute atomic E-state index is 12.5. The smallest absolute Gasteiger partial charge is 0.255 e. The molecule has 0 fully saturated rings. The van der Waals surface area contributed by atoms with Crippen LogP contribution < -0.4 is 15.5 Å². The summed E-state index contributed by atoms with van der Waals surface area (Å²) in [5, 5.41) is 7.80. The summed E-state index contributed by atoms with van der Waals surface area (Å²) in [5.74, 6) is -0.184. The van der Waals surface area contributed by atoms with Crippen LogP contribution in [-0.4, -0.2) is 25.9 Å². The molecule has 6 heteroatoms. The number of nitrogens with zero attached hydrogens (tertiary/aromatic N) is 1. The van der Waals surface area contributed by atoms with Gasteiger partial charge >= 0.3 is 0 Å². The van der Waals surface area contributed by atoms with Gasteiger partial charge in [-0.3, -0.25) is 9.59 Å². The van der Waals surface area contributed by atoms with Crippen molar-refractivity contribution in [2.45, 2.75) is 13.0 Å². The first-order valence-corrected chi connectivity index (χ1v) is 9.86. The maximum atomic E-state index is 12.5. The van der Waals surface area contributed by atoms with Gasteiger partial charge in [0.15, 0.2) is 0 Å². The van der Waals surface area contributed by atoms with Crippen LogP contribution in [0.3, 0.4) is 0 Å². The number of amides is 2. The van der Waals surface area contributed by atoms with Crippen molar-refractivity contribution in [1.82, 2.24) is 5.32 Å². The number of hydrogen-bond acceptors (Lipinski definition) is 4. The van der Waals surface area contributed by atoms with Gasteiger partial charge in [0.05, 0.1) is 13.0 Å². The van der Waals surface area contributed by atoms with E-state index >= 15 is 0 Å². The second-order valence-electron chi connectivity index (χ2n) is 6.63. The highest BCUT2D eigenvalue weighted by molar-refractivity contribution is 7.09. The minimum Gasteiger partial charge on any atom is -0.378 e. The van der Waals surface area contributed by atoms with Gasteiger partial charge in [-0.15, -0.1) is 11.3 Å². The van der Waals surface area contributed by atoms with Gasteiger partial charge in [0, 0.05) is 35.9 Å². The zero-order chi connectivity index (χ0) is 19.9. The first-order chi connectivity index (χ1) is 13.5. The van der Waals surface area contributed by atoms with Crippen molar-refractivity contribution in [3.63, 3.8) is 0 Å². The molecule has 28 heavy (non-hydrogen) atoms. The summed E-state index contributed by atoms with van der Waals surface area (Å²) in [5.41, 5.74) is 3.17. The summed E-state index contributed by atoms with van der Waals surface area (Å²) < 4.78 is 0. The second-order valence-corrected chi connectivity index (χ2v) is 7.66. The Kier molecular flexibility index (Phi) is 6.45. The van der Waals surface area contributed by atoms with E-state index in [1.54, 1.807) is 17.4 Å². The van der Waals surface area contributed by atoms with Crippen molar-refractivity contribution in [3.8, 4) is 0 Å². The number of thiophene rings is 1. The molecule has 2 aromatic carbocycles. The summed E-state index contributed by atoms with van der Waals surface area (Å²) in [6, 6.07) is 18.8. The fraction of sp³-hybridized carbons (Fsp3) is 0.182. The van der Waals surface area contributed by atoms with E-state index in [0.717, 1.165) is 16.1 Å². The quantitative estimate of drug-likeness (QED) is 0.639. The third-order valence-corrected chi connectivity index (χ3v) is 5.12. The lowest BCUT2D eigenvalue weighted by Crippen LogP contribution is -2.24. The lowest BCUT2D eigenvalue weighted by molar-refractivity contribution is -0.120. The topological polar surface area (TPSA) is 61.4 Å². The molecule has 0 saturated heterocycles. The molecule has 0 bridgehead atoms. The van der Waals surface area contributed by atoms with E-state index in [9.17, 15) is 9.59 Å². The molecule has 3 aromatic rings. The molecule has 1 heterocycles. The lowest BCUT2D eigenvalue weighted by Gasteiger charge is -2.13. The summed E-state index contributed by atoms with van der Waals surface area (Å²) in [4.78, 5) is 27.6. The van der Waals surface area contributed by atoms with Crippen molar-refractivity contribution < 1.29 is 9.59 Å². The van der Waals surface area contributed by atoms with Gasteiger partial charge in [-0.2, -0.15) is 0 Å². The normalized spacial score (nSPS) is 10.4. The van der Waals surface area contributed by atoms with E-state index in [1.807, 2.05) is 79.0 Å². The van der Waals surface area contributed by atoms with Gasteiger partial charge in [0.1, 0.15) is 0 Å². The Bertz CT molecular complexity index is 935. The predicted octanol–water partition coefficient (Wildman–Crippen LogP) is 3.93. The van der Waals surface area contributed by atoms with Gasteiger partial charge in [-0.1, -0.05) is 24.3 Å². The van der Waals surface area contributed by atoms with E-state index in [1.165, 1.54) is 0 Å². The average molecular weight is 394 g/mol. The highest BCUT2D eigenvalue weighted by Gasteiger charge is 2.09. The molecule has 0 spiro atoms. The van der Waals surface area contributed by atoms with Crippen molar-refractivity contribution in [1.29, 1.82) is 0 Å². The molecule has 0 radical (unpaired) electrons. The maximum Gasteiger partial charge on any atom is 0.255 e. The van der Waals surface area contributed by atoms with Gasteiger partial charge in [0.2, 0.25) is 5.91 Å². The summed E-state index contributed by atoms with van der Waals surface area (Å²) in [6.45, 7) is 0.552. The van der Waals surface area contributed by atoms with Crippen LogP contribution in [0.2, 0.25) is 0 Å². The van der Waals surface area contributed by atoms with Crippen LogP contribution in [0.25, 0.3) is 0 Å². The molecule has 0 saturated carbocycles. The van der Waals surface area contributed by atoms with E-state index in [2.05, 4.69) is 10.6 Å². The third-order valence-electron chi connectivity index (χ3n) is 4.24. The Hall–Kier alpha value is -3.12. The van der Waals surface area contributed by atoms with Crippen LogP contribution in [0, 0.1) is 0 Å². The summed E-state index contributed by atoms with van der Waals surface area (Å²) in [7, 11) is 3.87. The average Bonchev–Trinajstić information content (AvgIpc) is 3.21. The highest BCUT2D eigenvalue weighted by Crippen LogP contribution is 2.16. The number of nitrogens with one attached hydrogen (secondary N) is 2. The molecule has 0 unspecified atom stereocenters. The fourth-order valence-corrected chi connectivity index (χ4v) is 3.33. The Balaban J connectivity index is 1.54. The summed E-state index contributed by atoms with van der Waals surface area (Å²) >= 11 is 1.62. The number of hydrogen-bond donors (Lipinski definition) is 2. The van der Waals surface area contributed by atoms with Gasteiger partial charge < -0.3 is 15.5 Å². The Morgan fingerprint density at radius 2 is 1.79 bits per heavy atom. The largest absolute Gasteiger partial charge is 0.378 e.